The van der Waals surface area contributed by atoms with Crippen LogP contribution in [0, 0.1) is 0 Å². The molecular formula is C4H4ClN3O2. The van der Waals surface area contributed by atoms with Crippen LogP contribution in [0.1, 0.15) is 5.82 Å². The summed E-state index contributed by atoms with van der Waals surface area (Å²) in [6.07, 6.45) is 0. The van der Waals surface area contributed by atoms with Gasteiger partial charge in [0, 0.05) is 0 Å². The highest BCUT2D eigenvalue weighted by atomic mass is 35.5. The van der Waals surface area contributed by atoms with Gasteiger partial charge in [0.05, 0.1) is 5.88 Å². The van der Waals surface area contributed by atoms with Gasteiger partial charge in [-0.2, -0.15) is 4.98 Å². The molecule has 0 amide bonds. The molecule has 0 fully saturated rings. The molecule has 10 heavy (non-hydrogen) atoms. The van der Waals surface area contributed by atoms with Gasteiger partial charge in [0.25, 0.3) is 0 Å². The Morgan fingerprint density at radius 2 is 2.10 bits per heavy atom. The average molecular weight is 162 g/mol. The number of rotatable bonds is 1. The molecule has 5 nitrogen and oxygen atoms in total. The van der Waals surface area contributed by atoms with Crippen LogP contribution in [0.25, 0.3) is 0 Å². The zero-order valence-corrected chi connectivity index (χ0v) is 5.60. The van der Waals surface area contributed by atoms with E-state index in [0.717, 1.165) is 0 Å². The van der Waals surface area contributed by atoms with E-state index in [1.165, 1.54) is 0 Å². The average Bonchev–Trinajstić information content (AvgIpc) is 1.85. The lowest BCUT2D eigenvalue weighted by atomic mass is 10.7. The van der Waals surface area contributed by atoms with Crippen molar-refractivity contribution in [2.75, 3.05) is 0 Å². The largest absolute Gasteiger partial charge is 0.350 e. The van der Waals surface area contributed by atoms with Crippen molar-refractivity contribution in [1.82, 2.24) is 15.0 Å². The van der Waals surface area contributed by atoms with Gasteiger partial charge in [-0.25, -0.2) is 9.59 Å². The molecule has 0 aliphatic carbocycles. The monoisotopic (exact) mass is 161 g/mol. The second-order valence-electron chi connectivity index (χ2n) is 1.58. The van der Waals surface area contributed by atoms with E-state index in [1.54, 1.807) is 0 Å². The number of halogens is 1. The maximum atomic E-state index is 10.5. The molecule has 0 unspecified atom stereocenters. The van der Waals surface area contributed by atoms with Crippen molar-refractivity contribution in [2.45, 2.75) is 5.88 Å². The normalized spacial score (nSPS) is 9.70. The van der Waals surface area contributed by atoms with Gasteiger partial charge in [-0.05, 0) is 0 Å². The second-order valence-corrected chi connectivity index (χ2v) is 1.84. The van der Waals surface area contributed by atoms with E-state index < -0.39 is 11.4 Å². The molecule has 1 heterocycles. The fourth-order valence-electron chi connectivity index (χ4n) is 0.501. The quantitative estimate of drug-likeness (QED) is 0.529. The van der Waals surface area contributed by atoms with E-state index in [2.05, 4.69) is 9.97 Å². The number of nitrogens with zero attached hydrogens (tertiary/aromatic N) is 1. The van der Waals surface area contributed by atoms with Crippen LogP contribution >= 0.6 is 11.6 Å². The maximum Gasteiger partial charge on any atom is 0.350 e. The lowest BCUT2D eigenvalue weighted by Gasteiger charge is -1.88. The lowest BCUT2D eigenvalue weighted by molar-refractivity contribution is 0.873. The number of H-pyrrole nitrogens is 2. The molecule has 1 aromatic heterocycles. The van der Waals surface area contributed by atoms with E-state index in [4.69, 9.17) is 11.6 Å². The molecule has 0 saturated heterocycles. The number of hydrogen-bond donors (Lipinski definition) is 2. The summed E-state index contributed by atoms with van der Waals surface area (Å²) in [5.41, 5.74) is -1.27. The van der Waals surface area contributed by atoms with Crippen LogP contribution in [-0.2, 0) is 5.88 Å². The number of hydrogen-bond acceptors (Lipinski definition) is 3. The highest BCUT2D eigenvalue weighted by Gasteiger charge is 1.93. The van der Waals surface area contributed by atoms with Crippen molar-refractivity contribution in [2.24, 2.45) is 0 Å². The lowest BCUT2D eigenvalue weighted by Crippen LogP contribution is -2.26. The van der Waals surface area contributed by atoms with E-state index in [0.29, 0.717) is 0 Å². The minimum atomic E-state index is -0.681. The predicted molar refractivity (Wildman–Crippen MR) is 35.0 cm³/mol. The van der Waals surface area contributed by atoms with Crippen LogP contribution < -0.4 is 11.4 Å². The van der Waals surface area contributed by atoms with Crippen LogP contribution in [0.2, 0.25) is 0 Å². The van der Waals surface area contributed by atoms with Gasteiger partial charge < -0.3 is 0 Å². The SMILES string of the molecule is O=c1nc(CCl)[nH]c(=O)[nH]1. The topological polar surface area (TPSA) is 78.6 Å². The van der Waals surface area contributed by atoms with E-state index >= 15 is 0 Å². The van der Waals surface area contributed by atoms with E-state index in [1.807, 2.05) is 4.98 Å². The van der Waals surface area contributed by atoms with Crippen LogP contribution in [0.5, 0.6) is 0 Å². The van der Waals surface area contributed by atoms with Crippen LogP contribution in [0.3, 0.4) is 0 Å². The third-order valence-corrected chi connectivity index (χ3v) is 1.09. The Hall–Kier alpha value is -1.10. The van der Waals surface area contributed by atoms with E-state index in [-0.39, 0.29) is 11.7 Å². The standard InChI is InChI=1S/C4H4ClN3O2/c5-1-2-6-3(9)8-4(10)7-2/h1H2,(H2,6,7,8,9,10). The third-order valence-electron chi connectivity index (χ3n) is 0.841. The summed E-state index contributed by atoms with van der Waals surface area (Å²) in [6.45, 7) is 0. The second kappa shape index (κ2) is 2.66. The first-order chi connectivity index (χ1) is 4.72. The van der Waals surface area contributed by atoms with E-state index in [9.17, 15) is 9.59 Å². The molecular weight excluding hydrogens is 158 g/mol. The number of nitrogens with one attached hydrogen (secondary N) is 2. The van der Waals surface area contributed by atoms with Crippen molar-refractivity contribution in [3.05, 3.63) is 26.8 Å². The van der Waals surface area contributed by atoms with Gasteiger partial charge in [0.1, 0.15) is 5.82 Å². The Kier molecular flexibility index (Phi) is 1.86. The first-order valence-corrected chi connectivity index (χ1v) is 3.01. The van der Waals surface area contributed by atoms with Crippen molar-refractivity contribution < 1.29 is 0 Å². The van der Waals surface area contributed by atoms with Crippen LogP contribution in [0.15, 0.2) is 9.59 Å². The highest BCUT2D eigenvalue weighted by molar-refractivity contribution is 6.16. The Labute approximate surface area is 60.1 Å². The highest BCUT2D eigenvalue weighted by Crippen LogP contribution is 1.85. The van der Waals surface area contributed by atoms with Gasteiger partial charge in [-0.3, -0.25) is 9.97 Å². The van der Waals surface area contributed by atoms with Gasteiger partial charge in [0.2, 0.25) is 0 Å². The summed E-state index contributed by atoms with van der Waals surface area (Å²) in [7, 11) is 0. The van der Waals surface area contributed by atoms with Gasteiger partial charge in [-0.1, -0.05) is 0 Å². The van der Waals surface area contributed by atoms with Gasteiger partial charge >= 0.3 is 11.4 Å². The number of alkyl halides is 1. The summed E-state index contributed by atoms with van der Waals surface area (Å²) >= 11 is 5.29. The minimum Gasteiger partial charge on any atom is -0.294 e. The summed E-state index contributed by atoms with van der Waals surface area (Å²) in [5.74, 6) is 0.203. The Bertz CT molecular complexity index is 300. The Balaban J connectivity index is 3.33. The Morgan fingerprint density at radius 1 is 1.40 bits per heavy atom. The van der Waals surface area contributed by atoms with Crippen LogP contribution in [-0.4, -0.2) is 15.0 Å². The van der Waals surface area contributed by atoms with Gasteiger partial charge in [0.15, 0.2) is 0 Å². The summed E-state index contributed by atoms with van der Waals surface area (Å²) < 4.78 is 0. The fourth-order valence-corrected chi connectivity index (χ4v) is 0.628. The third kappa shape index (κ3) is 1.44. The first-order valence-electron chi connectivity index (χ1n) is 2.48. The molecule has 0 saturated carbocycles. The molecule has 0 aliphatic rings. The van der Waals surface area contributed by atoms with Crippen molar-refractivity contribution >= 4 is 11.6 Å². The summed E-state index contributed by atoms with van der Waals surface area (Å²) in [4.78, 5) is 28.4. The zero-order chi connectivity index (χ0) is 7.56. The molecule has 6 heteroatoms. The van der Waals surface area contributed by atoms with Crippen molar-refractivity contribution in [3.8, 4) is 0 Å². The van der Waals surface area contributed by atoms with Crippen LogP contribution in [0.4, 0.5) is 0 Å². The first kappa shape index (κ1) is 7.01. The molecule has 0 atom stereocenters. The maximum absolute atomic E-state index is 10.5. The minimum absolute atomic E-state index is 0.0269. The molecule has 0 aliphatic heterocycles. The summed E-state index contributed by atoms with van der Waals surface area (Å²) in [5, 5.41) is 0. The zero-order valence-electron chi connectivity index (χ0n) is 4.85. The molecule has 1 aromatic rings. The molecule has 0 bridgehead atoms. The fraction of sp³-hybridized carbons (Fsp3) is 0.250. The smallest absolute Gasteiger partial charge is 0.294 e. The van der Waals surface area contributed by atoms with Crippen molar-refractivity contribution in [3.63, 3.8) is 0 Å². The predicted octanol–water partition coefficient (Wildman–Crippen LogP) is -0.803. The molecule has 0 radical (unpaired) electrons. The molecule has 0 aromatic carbocycles. The summed E-state index contributed by atoms with van der Waals surface area (Å²) in [6, 6.07) is 0. The molecule has 0 spiro atoms. The molecule has 2 N–H and O–H groups in total. The van der Waals surface area contributed by atoms with Crippen molar-refractivity contribution in [1.29, 1.82) is 0 Å². The Morgan fingerprint density at radius 3 is 2.60 bits per heavy atom. The number of aromatic amines is 2. The molecule has 1 rings (SSSR count). The molecule has 54 valence electrons. The number of aromatic nitrogens is 3. The van der Waals surface area contributed by atoms with Gasteiger partial charge in [-0.15, -0.1) is 11.6 Å².